The van der Waals surface area contributed by atoms with Crippen molar-refractivity contribution in [1.29, 1.82) is 0 Å². The Kier molecular flexibility index (Phi) is 6.23. The fourth-order valence-corrected chi connectivity index (χ4v) is 2.68. The number of halogens is 1. The molecule has 1 saturated carbocycles. The predicted molar refractivity (Wildman–Crippen MR) is 81.3 cm³/mol. The van der Waals surface area contributed by atoms with Gasteiger partial charge in [-0.15, -0.1) is 12.4 Å². The maximum atomic E-state index is 12.1. The van der Waals surface area contributed by atoms with Crippen LogP contribution in [0.15, 0.2) is 16.9 Å². The third-order valence-electron chi connectivity index (χ3n) is 3.83. The minimum atomic E-state index is -0.336. The van der Waals surface area contributed by atoms with Crippen LogP contribution in [0.25, 0.3) is 0 Å². The molecule has 1 aliphatic carbocycles. The Hall–Kier alpha value is -1.33. The van der Waals surface area contributed by atoms with Gasteiger partial charge in [-0.05, 0) is 44.4 Å². The van der Waals surface area contributed by atoms with Crippen LogP contribution in [0.4, 0.5) is 0 Å². The fourth-order valence-electron chi connectivity index (χ4n) is 2.68. The zero-order valence-electron chi connectivity index (χ0n) is 11.6. The summed E-state index contributed by atoms with van der Waals surface area (Å²) >= 11 is 0. The standard InChI is InChI=1S/C14H21N3O2.ClH/c1-9-6-7-11(13(18)16-9)14(19)17-12-5-3-2-4-10(12)8-15;/h6-7,10,12H,2-5,8,15H2,1H3,(H,16,18)(H,17,19);1H. The Morgan fingerprint density at radius 3 is 2.75 bits per heavy atom. The lowest BCUT2D eigenvalue weighted by atomic mass is 9.84. The van der Waals surface area contributed by atoms with Crippen molar-refractivity contribution < 1.29 is 4.79 Å². The third-order valence-corrected chi connectivity index (χ3v) is 3.83. The molecule has 1 aliphatic rings. The molecule has 5 nitrogen and oxygen atoms in total. The Morgan fingerprint density at radius 2 is 2.10 bits per heavy atom. The first-order valence-electron chi connectivity index (χ1n) is 6.82. The second-order valence-corrected chi connectivity index (χ2v) is 5.24. The molecule has 1 aromatic heterocycles. The number of H-pyrrole nitrogens is 1. The number of nitrogens with one attached hydrogen (secondary N) is 2. The number of aromatic nitrogens is 1. The van der Waals surface area contributed by atoms with Crippen LogP contribution in [0.3, 0.4) is 0 Å². The smallest absolute Gasteiger partial charge is 0.260 e. The first kappa shape index (κ1) is 16.7. The molecule has 6 heteroatoms. The van der Waals surface area contributed by atoms with Crippen molar-refractivity contribution in [3.8, 4) is 0 Å². The molecular weight excluding hydrogens is 278 g/mol. The summed E-state index contributed by atoms with van der Waals surface area (Å²) in [5.74, 6) is 0.0221. The van der Waals surface area contributed by atoms with Gasteiger partial charge >= 0.3 is 0 Å². The monoisotopic (exact) mass is 299 g/mol. The SMILES string of the molecule is Cc1ccc(C(=O)NC2CCCCC2CN)c(=O)[nH]1.Cl. The summed E-state index contributed by atoms with van der Waals surface area (Å²) in [6.45, 7) is 2.36. The summed E-state index contributed by atoms with van der Waals surface area (Å²) in [4.78, 5) is 26.5. The van der Waals surface area contributed by atoms with Crippen molar-refractivity contribution in [3.05, 3.63) is 33.7 Å². The zero-order chi connectivity index (χ0) is 13.8. The number of carbonyl (C=O) groups excluding carboxylic acids is 1. The van der Waals surface area contributed by atoms with Crippen molar-refractivity contribution >= 4 is 18.3 Å². The molecule has 4 N–H and O–H groups in total. The highest BCUT2D eigenvalue weighted by Crippen LogP contribution is 2.23. The molecule has 1 fully saturated rings. The number of hydrogen-bond acceptors (Lipinski definition) is 3. The number of pyridine rings is 1. The van der Waals surface area contributed by atoms with Crippen LogP contribution in [-0.2, 0) is 0 Å². The van der Waals surface area contributed by atoms with Gasteiger partial charge in [-0.3, -0.25) is 9.59 Å². The number of aryl methyl sites for hydroxylation is 1. The maximum Gasteiger partial charge on any atom is 0.260 e. The van der Waals surface area contributed by atoms with Crippen LogP contribution in [0.1, 0.15) is 41.7 Å². The van der Waals surface area contributed by atoms with Gasteiger partial charge in [0.15, 0.2) is 0 Å². The molecule has 1 heterocycles. The van der Waals surface area contributed by atoms with E-state index in [1.54, 1.807) is 19.1 Å². The first-order valence-corrected chi connectivity index (χ1v) is 6.82. The second kappa shape index (κ2) is 7.45. The summed E-state index contributed by atoms with van der Waals surface area (Å²) in [6.07, 6.45) is 4.26. The van der Waals surface area contributed by atoms with E-state index in [-0.39, 0.29) is 35.5 Å². The third kappa shape index (κ3) is 3.84. The average molecular weight is 300 g/mol. The van der Waals surface area contributed by atoms with Gasteiger partial charge in [-0.1, -0.05) is 12.8 Å². The Balaban J connectivity index is 0.00000200. The Bertz CT molecular complexity index is 515. The molecule has 1 amide bonds. The molecule has 0 radical (unpaired) electrons. The van der Waals surface area contributed by atoms with Crippen LogP contribution >= 0.6 is 12.4 Å². The number of rotatable bonds is 3. The highest BCUT2D eigenvalue weighted by Gasteiger charge is 2.26. The number of amides is 1. The number of aromatic amines is 1. The van der Waals surface area contributed by atoms with Crippen molar-refractivity contribution in [2.24, 2.45) is 11.7 Å². The molecule has 0 spiro atoms. The van der Waals surface area contributed by atoms with E-state index < -0.39 is 0 Å². The van der Waals surface area contributed by atoms with Crippen LogP contribution in [-0.4, -0.2) is 23.5 Å². The number of hydrogen-bond donors (Lipinski definition) is 3. The quantitative estimate of drug-likeness (QED) is 0.787. The number of nitrogens with two attached hydrogens (primary N) is 1. The van der Waals surface area contributed by atoms with Crippen LogP contribution in [0.5, 0.6) is 0 Å². The lowest BCUT2D eigenvalue weighted by molar-refractivity contribution is 0.0906. The van der Waals surface area contributed by atoms with Gasteiger partial charge in [0.05, 0.1) is 0 Å². The van der Waals surface area contributed by atoms with Crippen molar-refractivity contribution in [3.63, 3.8) is 0 Å². The second-order valence-electron chi connectivity index (χ2n) is 5.24. The van der Waals surface area contributed by atoms with E-state index in [9.17, 15) is 9.59 Å². The summed E-state index contributed by atoms with van der Waals surface area (Å²) in [6, 6.07) is 3.40. The van der Waals surface area contributed by atoms with E-state index in [4.69, 9.17) is 5.73 Å². The van der Waals surface area contributed by atoms with Gasteiger partial charge in [0.25, 0.3) is 11.5 Å². The van der Waals surface area contributed by atoms with E-state index in [0.717, 1.165) is 25.0 Å². The summed E-state index contributed by atoms with van der Waals surface area (Å²) in [5, 5.41) is 2.96. The molecule has 20 heavy (non-hydrogen) atoms. The highest BCUT2D eigenvalue weighted by atomic mass is 35.5. The first-order chi connectivity index (χ1) is 9.11. The molecule has 112 valence electrons. The van der Waals surface area contributed by atoms with E-state index in [0.29, 0.717) is 12.5 Å². The Labute approximate surface area is 124 Å². The van der Waals surface area contributed by atoms with E-state index in [1.807, 2.05) is 0 Å². The number of carbonyl (C=O) groups is 1. The largest absolute Gasteiger partial charge is 0.349 e. The zero-order valence-corrected chi connectivity index (χ0v) is 12.5. The van der Waals surface area contributed by atoms with Crippen LogP contribution < -0.4 is 16.6 Å². The van der Waals surface area contributed by atoms with E-state index >= 15 is 0 Å². The van der Waals surface area contributed by atoms with Gasteiger partial charge in [-0.25, -0.2) is 0 Å². The lowest BCUT2D eigenvalue weighted by Crippen LogP contribution is -2.45. The highest BCUT2D eigenvalue weighted by molar-refractivity contribution is 5.94. The molecule has 2 unspecified atom stereocenters. The molecule has 0 aliphatic heterocycles. The Morgan fingerprint density at radius 1 is 1.40 bits per heavy atom. The molecule has 0 aromatic carbocycles. The fraction of sp³-hybridized carbons (Fsp3) is 0.571. The normalized spacial score (nSPS) is 21.9. The molecule has 2 atom stereocenters. The van der Waals surface area contributed by atoms with Gasteiger partial charge in [0.2, 0.25) is 0 Å². The van der Waals surface area contributed by atoms with Crippen molar-refractivity contribution in [1.82, 2.24) is 10.3 Å². The summed E-state index contributed by atoms with van der Waals surface area (Å²) in [7, 11) is 0. The van der Waals surface area contributed by atoms with Crippen molar-refractivity contribution in [2.45, 2.75) is 38.6 Å². The van der Waals surface area contributed by atoms with E-state index in [2.05, 4.69) is 10.3 Å². The lowest BCUT2D eigenvalue weighted by Gasteiger charge is -2.31. The molecule has 2 rings (SSSR count). The molecule has 0 bridgehead atoms. The van der Waals surface area contributed by atoms with Crippen molar-refractivity contribution in [2.75, 3.05) is 6.54 Å². The molecule has 0 saturated heterocycles. The summed E-state index contributed by atoms with van der Waals surface area (Å²) in [5.41, 5.74) is 6.33. The van der Waals surface area contributed by atoms with Crippen LogP contribution in [0.2, 0.25) is 0 Å². The minimum Gasteiger partial charge on any atom is -0.349 e. The van der Waals surface area contributed by atoms with E-state index in [1.165, 1.54) is 6.42 Å². The minimum absolute atomic E-state index is 0. The van der Waals surface area contributed by atoms with Gasteiger partial charge in [0, 0.05) is 11.7 Å². The topological polar surface area (TPSA) is 88.0 Å². The molecular formula is C14H22ClN3O2. The van der Waals surface area contributed by atoms with Gasteiger partial charge in [0.1, 0.15) is 5.56 Å². The summed E-state index contributed by atoms with van der Waals surface area (Å²) < 4.78 is 0. The van der Waals surface area contributed by atoms with Gasteiger partial charge in [-0.2, -0.15) is 0 Å². The van der Waals surface area contributed by atoms with Gasteiger partial charge < -0.3 is 16.0 Å². The average Bonchev–Trinajstić information content (AvgIpc) is 2.39. The predicted octanol–water partition coefficient (Wildman–Crippen LogP) is 1.35. The maximum absolute atomic E-state index is 12.1. The molecule has 1 aromatic rings. The van der Waals surface area contributed by atoms with Crippen LogP contribution in [0, 0.1) is 12.8 Å².